The summed E-state index contributed by atoms with van der Waals surface area (Å²) in [4.78, 5) is 10.4. The van der Waals surface area contributed by atoms with Gasteiger partial charge in [0.15, 0.2) is 0 Å². The summed E-state index contributed by atoms with van der Waals surface area (Å²) in [6.07, 6.45) is -0.111. The Labute approximate surface area is 77.3 Å². The number of aliphatic carboxylic acids is 1. The van der Waals surface area contributed by atoms with Gasteiger partial charge in [0.2, 0.25) is 0 Å². The molecule has 5 nitrogen and oxygen atoms in total. The SMILES string of the molecule is Cn1nc(Br)c(CC(=O)O)c1N. The van der Waals surface area contributed by atoms with Crippen molar-refractivity contribution in [2.24, 2.45) is 7.05 Å². The lowest BCUT2D eigenvalue weighted by molar-refractivity contribution is -0.136. The van der Waals surface area contributed by atoms with E-state index in [0.717, 1.165) is 0 Å². The molecule has 1 rings (SSSR count). The molecular formula is C6H8BrN3O2. The highest BCUT2D eigenvalue weighted by Crippen LogP contribution is 2.21. The molecular weight excluding hydrogens is 226 g/mol. The molecule has 0 fully saturated rings. The smallest absolute Gasteiger partial charge is 0.308 e. The number of carboxylic acids is 1. The van der Waals surface area contributed by atoms with E-state index in [9.17, 15) is 4.79 Å². The molecule has 0 radical (unpaired) electrons. The van der Waals surface area contributed by atoms with Gasteiger partial charge in [-0.05, 0) is 15.9 Å². The second kappa shape index (κ2) is 3.14. The summed E-state index contributed by atoms with van der Waals surface area (Å²) in [6.45, 7) is 0. The van der Waals surface area contributed by atoms with Gasteiger partial charge < -0.3 is 10.8 Å². The largest absolute Gasteiger partial charge is 0.481 e. The van der Waals surface area contributed by atoms with Gasteiger partial charge in [-0.2, -0.15) is 5.10 Å². The standard InChI is InChI=1S/C6H8BrN3O2/c1-10-6(8)3(2-4(11)12)5(7)9-10/h2,8H2,1H3,(H,11,12). The first-order valence-corrected chi connectivity index (χ1v) is 4.00. The normalized spacial score (nSPS) is 10.2. The molecule has 0 aliphatic carbocycles. The van der Waals surface area contributed by atoms with Crippen LogP contribution in [0, 0.1) is 0 Å². The van der Waals surface area contributed by atoms with Crippen molar-refractivity contribution in [1.82, 2.24) is 9.78 Å². The summed E-state index contributed by atoms with van der Waals surface area (Å²) in [5.41, 5.74) is 6.08. The van der Waals surface area contributed by atoms with Crippen molar-refractivity contribution in [3.8, 4) is 0 Å². The highest BCUT2D eigenvalue weighted by atomic mass is 79.9. The van der Waals surface area contributed by atoms with Gasteiger partial charge in [-0.1, -0.05) is 0 Å². The maximum Gasteiger partial charge on any atom is 0.308 e. The molecule has 6 heteroatoms. The number of nitrogens with two attached hydrogens (primary N) is 1. The number of carboxylic acid groups (broad SMARTS) is 1. The number of aryl methyl sites for hydroxylation is 1. The number of hydrogen-bond acceptors (Lipinski definition) is 3. The first-order valence-electron chi connectivity index (χ1n) is 3.21. The van der Waals surface area contributed by atoms with Gasteiger partial charge in [0.25, 0.3) is 0 Å². The number of nitrogens with zero attached hydrogens (tertiary/aromatic N) is 2. The summed E-state index contributed by atoms with van der Waals surface area (Å²) in [7, 11) is 1.66. The third kappa shape index (κ3) is 1.58. The minimum absolute atomic E-state index is 0.111. The summed E-state index contributed by atoms with van der Waals surface area (Å²) in [5, 5.41) is 12.4. The van der Waals surface area contributed by atoms with E-state index in [4.69, 9.17) is 10.8 Å². The van der Waals surface area contributed by atoms with Crippen molar-refractivity contribution < 1.29 is 9.90 Å². The number of nitrogen functional groups attached to an aromatic ring is 1. The Morgan fingerprint density at radius 1 is 1.83 bits per heavy atom. The molecule has 66 valence electrons. The molecule has 0 bridgehead atoms. The number of halogens is 1. The van der Waals surface area contributed by atoms with Crippen LogP contribution in [0.2, 0.25) is 0 Å². The van der Waals surface area contributed by atoms with E-state index in [1.165, 1.54) is 4.68 Å². The highest BCUT2D eigenvalue weighted by Gasteiger charge is 2.13. The minimum Gasteiger partial charge on any atom is -0.481 e. The lowest BCUT2D eigenvalue weighted by Gasteiger charge is -1.95. The molecule has 1 aromatic heterocycles. The molecule has 0 saturated carbocycles. The molecule has 1 aromatic rings. The van der Waals surface area contributed by atoms with Crippen molar-refractivity contribution in [2.75, 3.05) is 5.73 Å². The molecule has 0 aromatic carbocycles. The second-order valence-electron chi connectivity index (χ2n) is 2.35. The Hall–Kier alpha value is -1.04. The molecule has 0 aliphatic rings. The van der Waals surface area contributed by atoms with Crippen LogP contribution in [0.1, 0.15) is 5.56 Å². The van der Waals surface area contributed by atoms with Crippen LogP contribution in [0.4, 0.5) is 5.82 Å². The molecule has 0 amide bonds. The molecule has 12 heavy (non-hydrogen) atoms. The summed E-state index contributed by atoms with van der Waals surface area (Å²) in [5.74, 6) is -0.542. The minimum atomic E-state index is -0.921. The summed E-state index contributed by atoms with van der Waals surface area (Å²) in [6, 6.07) is 0. The monoisotopic (exact) mass is 233 g/mol. The van der Waals surface area contributed by atoms with Crippen LogP contribution in [-0.4, -0.2) is 20.9 Å². The van der Waals surface area contributed by atoms with E-state index >= 15 is 0 Å². The first kappa shape index (κ1) is 9.05. The zero-order chi connectivity index (χ0) is 9.30. The topological polar surface area (TPSA) is 81.1 Å². The molecule has 1 heterocycles. The quantitative estimate of drug-likeness (QED) is 0.775. The van der Waals surface area contributed by atoms with Crippen LogP contribution >= 0.6 is 15.9 Å². The van der Waals surface area contributed by atoms with Gasteiger partial charge in [0.1, 0.15) is 10.4 Å². The van der Waals surface area contributed by atoms with E-state index in [2.05, 4.69) is 21.0 Å². The Bertz CT molecular complexity index is 321. The molecule has 0 unspecified atom stereocenters. The molecule has 3 N–H and O–H groups in total. The zero-order valence-electron chi connectivity index (χ0n) is 6.41. The van der Waals surface area contributed by atoms with Gasteiger partial charge >= 0.3 is 5.97 Å². The van der Waals surface area contributed by atoms with Gasteiger partial charge in [0.05, 0.1) is 6.42 Å². The van der Waals surface area contributed by atoms with E-state index in [1.807, 2.05) is 0 Å². The Morgan fingerprint density at radius 2 is 2.42 bits per heavy atom. The zero-order valence-corrected chi connectivity index (χ0v) is 8.00. The van der Waals surface area contributed by atoms with Crippen molar-refractivity contribution in [3.63, 3.8) is 0 Å². The average molecular weight is 234 g/mol. The van der Waals surface area contributed by atoms with E-state index in [1.54, 1.807) is 7.05 Å². The number of aromatic nitrogens is 2. The fourth-order valence-corrected chi connectivity index (χ4v) is 1.44. The Kier molecular flexibility index (Phi) is 2.37. The van der Waals surface area contributed by atoms with Crippen LogP contribution in [-0.2, 0) is 18.3 Å². The maximum absolute atomic E-state index is 10.4. The van der Waals surface area contributed by atoms with Crippen LogP contribution in [0.25, 0.3) is 0 Å². The molecule has 0 aliphatic heterocycles. The fraction of sp³-hybridized carbons (Fsp3) is 0.333. The Morgan fingerprint density at radius 3 is 2.75 bits per heavy atom. The number of carbonyl (C=O) groups is 1. The number of hydrogen-bond donors (Lipinski definition) is 2. The van der Waals surface area contributed by atoms with Crippen LogP contribution in [0.15, 0.2) is 4.60 Å². The van der Waals surface area contributed by atoms with Crippen LogP contribution < -0.4 is 5.73 Å². The van der Waals surface area contributed by atoms with Gasteiger partial charge in [-0.3, -0.25) is 9.48 Å². The van der Waals surface area contributed by atoms with E-state index < -0.39 is 5.97 Å². The van der Waals surface area contributed by atoms with Crippen molar-refractivity contribution >= 4 is 27.7 Å². The predicted octanol–water partition coefficient (Wildman–Crippen LogP) is 0.392. The maximum atomic E-state index is 10.4. The lowest BCUT2D eigenvalue weighted by Crippen LogP contribution is -2.04. The fourth-order valence-electron chi connectivity index (χ4n) is 0.862. The summed E-state index contributed by atoms with van der Waals surface area (Å²) >= 11 is 3.12. The van der Waals surface area contributed by atoms with Crippen molar-refractivity contribution in [2.45, 2.75) is 6.42 Å². The average Bonchev–Trinajstić information content (AvgIpc) is 2.16. The molecule has 0 saturated heterocycles. The predicted molar refractivity (Wildman–Crippen MR) is 46.7 cm³/mol. The number of anilines is 1. The van der Waals surface area contributed by atoms with Gasteiger partial charge in [-0.25, -0.2) is 0 Å². The Balaban J connectivity index is 3.05. The van der Waals surface area contributed by atoms with Gasteiger partial charge in [0, 0.05) is 12.6 Å². The van der Waals surface area contributed by atoms with Crippen molar-refractivity contribution in [3.05, 3.63) is 10.2 Å². The van der Waals surface area contributed by atoms with Crippen LogP contribution in [0.5, 0.6) is 0 Å². The second-order valence-corrected chi connectivity index (χ2v) is 3.10. The third-order valence-corrected chi connectivity index (χ3v) is 2.11. The lowest BCUT2D eigenvalue weighted by atomic mass is 10.2. The summed E-state index contributed by atoms with van der Waals surface area (Å²) < 4.78 is 1.92. The third-order valence-electron chi connectivity index (χ3n) is 1.47. The van der Waals surface area contributed by atoms with Gasteiger partial charge in [-0.15, -0.1) is 0 Å². The van der Waals surface area contributed by atoms with Crippen LogP contribution in [0.3, 0.4) is 0 Å². The highest BCUT2D eigenvalue weighted by molar-refractivity contribution is 9.10. The number of rotatable bonds is 2. The van der Waals surface area contributed by atoms with Crippen molar-refractivity contribution in [1.29, 1.82) is 0 Å². The van der Waals surface area contributed by atoms with E-state index in [0.29, 0.717) is 16.0 Å². The molecule has 0 spiro atoms. The molecule has 0 atom stereocenters. The van der Waals surface area contributed by atoms with E-state index in [-0.39, 0.29) is 6.42 Å². The first-order chi connectivity index (χ1) is 5.52.